The highest BCUT2D eigenvalue weighted by Gasteiger charge is 2.28. The summed E-state index contributed by atoms with van der Waals surface area (Å²) < 4.78 is 27.8. The van der Waals surface area contributed by atoms with Crippen molar-refractivity contribution in [2.75, 3.05) is 10.8 Å². The van der Waals surface area contributed by atoms with E-state index in [1.807, 2.05) is 13.0 Å². The molecule has 0 aliphatic carbocycles. The summed E-state index contributed by atoms with van der Waals surface area (Å²) in [6.07, 6.45) is 1.32. The van der Waals surface area contributed by atoms with Gasteiger partial charge in [-0.15, -0.1) is 0 Å². The van der Waals surface area contributed by atoms with Crippen molar-refractivity contribution in [2.24, 2.45) is 5.10 Å². The first-order chi connectivity index (χ1) is 15.7. The van der Waals surface area contributed by atoms with E-state index in [9.17, 15) is 23.3 Å². The van der Waals surface area contributed by atoms with E-state index >= 15 is 0 Å². The highest BCUT2D eigenvalue weighted by atomic mass is 32.2. The number of amides is 1. The van der Waals surface area contributed by atoms with Crippen LogP contribution in [0.1, 0.15) is 16.7 Å². The van der Waals surface area contributed by atoms with Crippen LogP contribution in [0.4, 0.5) is 11.4 Å². The molecule has 0 unspecified atom stereocenters. The van der Waals surface area contributed by atoms with Crippen molar-refractivity contribution in [2.45, 2.75) is 18.7 Å². The first kappa shape index (κ1) is 23.6. The van der Waals surface area contributed by atoms with Gasteiger partial charge in [0.1, 0.15) is 6.54 Å². The first-order valence-corrected chi connectivity index (χ1v) is 11.3. The largest absolute Gasteiger partial charge is 0.271 e. The number of hydrogen-bond donors (Lipinski definition) is 1. The maximum atomic E-state index is 13.4. The van der Waals surface area contributed by atoms with Crippen LogP contribution in [0, 0.1) is 24.0 Å². The molecule has 170 valence electrons. The van der Waals surface area contributed by atoms with E-state index in [0.29, 0.717) is 11.3 Å². The Morgan fingerprint density at radius 2 is 1.70 bits per heavy atom. The molecule has 0 fully saturated rings. The fourth-order valence-electron chi connectivity index (χ4n) is 3.05. The van der Waals surface area contributed by atoms with E-state index in [-0.39, 0.29) is 10.6 Å². The Bertz CT molecular complexity index is 1290. The van der Waals surface area contributed by atoms with Crippen molar-refractivity contribution in [1.29, 1.82) is 0 Å². The average Bonchev–Trinajstić information content (AvgIpc) is 2.80. The quantitative estimate of drug-likeness (QED) is 0.309. The van der Waals surface area contributed by atoms with Crippen molar-refractivity contribution >= 4 is 33.5 Å². The minimum Gasteiger partial charge on any atom is -0.271 e. The number of hydrazone groups is 1. The molecular formula is C23H22N4O5S. The van der Waals surface area contributed by atoms with Crippen molar-refractivity contribution in [3.63, 3.8) is 0 Å². The lowest BCUT2D eigenvalue weighted by molar-refractivity contribution is -0.384. The van der Waals surface area contributed by atoms with E-state index in [1.54, 1.807) is 37.3 Å². The number of rotatable bonds is 8. The van der Waals surface area contributed by atoms with E-state index in [1.165, 1.54) is 42.6 Å². The standard InChI is InChI=1S/C23H22N4O5S/c1-17-7-6-10-22(18(17)2)26(33(31,32)21-8-4-3-5-9-21)16-23(28)25-24-15-19-11-13-20(14-12-19)27(29)30/h3-15H,16H2,1-2H3,(H,25,28)/b24-15+. The van der Waals surface area contributed by atoms with Gasteiger partial charge in [0.15, 0.2) is 0 Å². The van der Waals surface area contributed by atoms with Gasteiger partial charge in [-0.1, -0.05) is 30.3 Å². The lowest BCUT2D eigenvalue weighted by atomic mass is 10.1. The predicted molar refractivity (Wildman–Crippen MR) is 126 cm³/mol. The number of carbonyl (C=O) groups is 1. The molecule has 0 heterocycles. The SMILES string of the molecule is Cc1cccc(N(CC(=O)N/N=C/c2ccc([N+](=O)[O-])cc2)S(=O)(=O)c2ccccc2)c1C. The van der Waals surface area contributed by atoms with Crippen LogP contribution in [0.3, 0.4) is 0 Å². The maximum Gasteiger partial charge on any atom is 0.269 e. The minimum atomic E-state index is -4.02. The van der Waals surface area contributed by atoms with Crippen LogP contribution >= 0.6 is 0 Å². The second-order valence-electron chi connectivity index (χ2n) is 7.19. The first-order valence-electron chi connectivity index (χ1n) is 9.90. The van der Waals surface area contributed by atoms with Gasteiger partial charge in [-0.05, 0) is 60.9 Å². The molecule has 1 amide bonds. The van der Waals surface area contributed by atoms with Gasteiger partial charge >= 0.3 is 0 Å². The lowest BCUT2D eigenvalue weighted by Gasteiger charge is -2.26. The number of nitro groups is 1. The second-order valence-corrected chi connectivity index (χ2v) is 9.05. The van der Waals surface area contributed by atoms with Gasteiger partial charge in [-0.25, -0.2) is 13.8 Å². The Kier molecular flexibility index (Phi) is 7.19. The predicted octanol–water partition coefficient (Wildman–Crippen LogP) is 3.56. The lowest BCUT2D eigenvalue weighted by Crippen LogP contribution is -2.40. The number of sulfonamides is 1. The third kappa shape index (κ3) is 5.60. The number of nitrogens with zero attached hydrogens (tertiary/aromatic N) is 3. The van der Waals surface area contributed by atoms with E-state index in [0.717, 1.165) is 15.4 Å². The number of nitro benzene ring substituents is 1. The zero-order valence-corrected chi connectivity index (χ0v) is 18.8. The smallest absolute Gasteiger partial charge is 0.269 e. The Balaban J connectivity index is 1.83. The van der Waals surface area contributed by atoms with Crippen LogP contribution in [0.5, 0.6) is 0 Å². The molecule has 10 heteroatoms. The van der Waals surface area contributed by atoms with E-state index < -0.39 is 27.4 Å². The topological polar surface area (TPSA) is 122 Å². The Labute approximate surface area is 191 Å². The fourth-order valence-corrected chi connectivity index (χ4v) is 4.55. The minimum absolute atomic E-state index is 0.0630. The molecule has 0 aromatic heterocycles. The number of benzene rings is 3. The third-order valence-electron chi connectivity index (χ3n) is 4.97. The van der Waals surface area contributed by atoms with E-state index in [4.69, 9.17) is 0 Å². The molecule has 0 radical (unpaired) electrons. The maximum absolute atomic E-state index is 13.4. The molecule has 3 aromatic rings. The molecule has 33 heavy (non-hydrogen) atoms. The van der Waals surface area contributed by atoms with Crippen LogP contribution in [0.2, 0.25) is 0 Å². The normalized spacial score (nSPS) is 11.3. The Hall–Kier alpha value is -4.05. The van der Waals surface area contributed by atoms with Gasteiger partial charge < -0.3 is 0 Å². The van der Waals surface area contributed by atoms with Gasteiger partial charge in [0.05, 0.1) is 21.7 Å². The van der Waals surface area contributed by atoms with Crippen LogP contribution in [0.15, 0.2) is 82.8 Å². The van der Waals surface area contributed by atoms with Gasteiger partial charge in [0, 0.05) is 12.1 Å². The number of anilines is 1. The second kappa shape index (κ2) is 10.0. The zero-order chi connectivity index (χ0) is 24.0. The van der Waals surface area contributed by atoms with Crippen LogP contribution < -0.4 is 9.73 Å². The monoisotopic (exact) mass is 466 g/mol. The van der Waals surface area contributed by atoms with Crippen LogP contribution in [0.25, 0.3) is 0 Å². The zero-order valence-electron chi connectivity index (χ0n) is 18.0. The van der Waals surface area contributed by atoms with Gasteiger partial charge in [0.25, 0.3) is 21.6 Å². The Morgan fingerprint density at radius 3 is 2.33 bits per heavy atom. The van der Waals surface area contributed by atoms with Gasteiger partial charge in [-0.2, -0.15) is 5.10 Å². The summed E-state index contributed by atoms with van der Waals surface area (Å²) in [6, 6.07) is 18.7. The highest BCUT2D eigenvalue weighted by molar-refractivity contribution is 7.92. The number of non-ortho nitro benzene ring substituents is 1. The molecular weight excluding hydrogens is 444 g/mol. The van der Waals surface area contributed by atoms with Crippen LogP contribution in [-0.2, 0) is 14.8 Å². The molecule has 3 rings (SSSR count). The fraction of sp³-hybridized carbons (Fsp3) is 0.130. The molecule has 0 saturated carbocycles. The summed E-state index contributed by atoms with van der Waals surface area (Å²) in [6.45, 7) is 3.17. The summed E-state index contributed by atoms with van der Waals surface area (Å²) in [5.41, 5.74) is 4.80. The van der Waals surface area contributed by atoms with E-state index in [2.05, 4.69) is 10.5 Å². The molecule has 0 bridgehead atoms. The molecule has 0 aliphatic rings. The van der Waals surface area contributed by atoms with Gasteiger partial charge in [0.2, 0.25) is 0 Å². The highest BCUT2D eigenvalue weighted by Crippen LogP contribution is 2.28. The summed E-state index contributed by atoms with van der Waals surface area (Å²) in [5, 5.41) is 14.6. The summed E-state index contributed by atoms with van der Waals surface area (Å²) in [5.74, 6) is -0.645. The third-order valence-corrected chi connectivity index (χ3v) is 6.74. The summed E-state index contributed by atoms with van der Waals surface area (Å²) in [4.78, 5) is 22.9. The number of carbonyl (C=O) groups excluding carboxylic acids is 1. The van der Waals surface area contributed by atoms with Gasteiger partial charge in [-0.3, -0.25) is 19.2 Å². The molecule has 0 aliphatic heterocycles. The van der Waals surface area contributed by atoms with Crippen molar-refractivity contribution in [3.8, 4) is 0 Å². The molecule has 1 N–H and O–H groups in total. The molecule has 3 aromatic carbocycles. The summed E-state index contributed by atoms with van der Waals surface area (Å²) in [7, 11) is -4.02. The van der Waals surface area contributed by atoms with Crippen molar-refractivity contribution in [1.82, 2.24) is 5.43 Å². The number of nitrogens with one attached hydrogen (secondary N) is 1. The molecule has 9 nitrogen and oxygen atoms in total. The summed E-state index contributed by atoms with van der Waals surface area (Å²) >= 11 is 0. The van der Waals surface area contributed by atoms with Crippen molar-refractivity contribution in [3.05, 3.63) is 99.6 Å². The Morgan fingerprint density at radius 1 is 1.03 bits per heavy atom. The number of aryl methyl sites for hydroxylation is 1. The molecule has 0 spiro atoms. The van der Waals surface area contributed by atoms with Crippen LogP contribution in [-0.4, -0.2) is 32.0 Å². The molecule has 0 saturated heterocycles. The van der Waals surface area contributed by atoms with Crippen molar-refractivity contribution < 1.29 is 18.1 Å². The molecule has 0 atom stereocenters. The number of hydrogen-bond acceptors (Lipinski definition) is 6. The average molecular weight is 467 g/mol.